The third-order valence-electron chi connectivity index (χ3n) is 2.30. The third-order valence-corrected chi connectivity index (χ3v) is 2.30. The summed E-state index contributed by atoms with van der Waals surface area (Å²) in [5, 5.41) is 2.87. The highest BCUT2D eigenvalue weighted by Crippen LogP contribution is 2.23. The summed E-state index contributed by atoms with van der Waals surface area (Å²) < 4.78 is 26.1. The molecule has 0 unspecified atom stereocenters. The second-order valence-corrected chi connectivity index (χ2v) is 3.56. The number of nitrogen functional groups attached to an aromatic ring is 1. The van der Waals surface area contributed by atoms with Gasteiger partial charge in [0, 0.05) is 25.0 Å². The number of hydrogen-bond acceptors (Lipinski definition) is 3. The van der Waals surface area contributed by atoms with E-state index in [-0.39, 0.29) is 11.4 Å². The Morgan fingerprint density at radius 1 is 1.29 bits per heavy atom. The van der Waals surface area contributed by atoms with Crippen LogP contribution in [0.3, 0.4) is 0 Å². The fourth-order valence-electron chi connectivity index (χ4n) is 1.43. The van der Waals surface area contributed by atoms with E-state index >= 15 is 0 Å². The van der Waals surface area contributed by atoms with Crippen molar-refractivity contribution >= 4 is 11.4 Å². The molecular formula is C12H11F2N3. The Hall–Kier alpha value is -2.17. The molecule has 88 valence electrons. The Morgan fingerprint density at radius 2 is 2.12 bits per heavy atom. The molecule has 0 atom stereocenters. The minimum absolute atomic E-state index is 0.0877. The average Bonchev–Trinajstić information content (AvgIpc) is 2.33. The fourth-order valence-corrected chi connectivity index (χ4v) is 1.43. The summed E-state index contributed by atoms with van der Waals surface area (Å²) in [7, 11) is 0. The van der Waals surface area contributed by atoms with E-state index in [1.54, 1.807) is 18.5 Å². The van der Waals surface area contributed by atoms with E-state index in [4.69, 9.17) is 5.73 Å². The first-order valence-corrected chi connectivity index (χ1v) is 5.04. The molecule has 0 amide bonds. The molecule has 0 saturated heterocycles. The van der Waals surface area contributed by atoms with Crippen LogP contribution in [0.1, 0.15) is 5.56 Å². The van der Waals surface area contributed by atoms with Crippen LogP contribution in [0, 0.1) is 11.6 Å². The van der Waals surface area contributed by atoms with E-state index in [1.165, 1.54) is 0 Å². The van der Waals surface area contributed by atoms with Gasteiger partial charge in [0.05, 0.1) is 11.4 Å². The molecule has 0 fully saturated rings. The number of nitrogens with two attached hydrogens (primary N) is 1. The van der Waals surface area contributed by atoms with Crippen LogP contribution in [0.25, 0.3) is 0 Å². The molecule has 5 heteroatoms. The van der Waals surface area contributed by atoms with Gasteiger partial charge in [-0.2, -0.15) is 0 Å². The summed E-state index contributed by atoms with van der Waals surface area (Å²) in [6.45, 7) is 0.404. The lowest BCUT2D eigenvalue weighted by molar-refractivity contribution is 0.587. The summed E-state index contributed by atoms with van der Waals surface area (Å²) in [5.41, 5.74) is 6.55. The van der Waals surface area contributed by atoms with Crippen LogP contribution in [-0.4, -0.2) is 4.98 Å². The molecule has 3 nitrogen and oxygen atoms in total. The van der Waals surface area contributed by atoms with Crippen LogP contribution in [0.2, 0.25) is 0 Å². The maximum Gasteiger partial charge on any atom is 0.151 e. The molecule has 17 heavy (non-hydrogen) atoms. The molecule has 1 heterocycles. The van der Waals surface area contributed by atoms with Crippen molar-refractivity contribution in [2.45, 2.75) is 6.54 Å². The van der Waals surface area contributed by atoms with E-state index in [0.717, 1.165) is 17.7 Å². The Labute approximate surface area is 97.3 Å². The highest BCUT2D eigenvalue weighted by Gasteiger charge is 2.07. The summed E-state index contributed by atoms with van der Waals surface area (Å²) >= 11 is 0. The SMILES string of the molecule is Nc1c(F)cc(F)cc1NCc1cccnc1. The summed E-state index contributed by atoms with van der Waals surface area (Å²) in [5.74, 6) is -1.43. The van der Waals surface area contributed by atoms with Gasteiger partial charge in [0.15, 0.2) is 5.82 Å². The topological polar surface area (TPSA) is 50.9 Å². The van der Waals surface area contributed by atoms with Gasteiger partial charge in [-0.15, -0.1) is 0 Å². The highest BCUT2D eigenvalue weighted by atomic mass is 19.1. The van der Waals surface area contributed by atoms with Crippen molar-refractivity contribution in [2.24, 2.45) is 0 Å². The van der Waals surface area contributed by atoms with E-state index < -0.39 is 11.6 Å². The molecule has 0 aliphatic heterocycles. The summed E-state index contributed by atoms with van der Waals surface area (Å²) in [6, 6.07) is 5.55. The van der Waals surface area contributed by atoms with Crippen molar-refractivity contribution in [3.63, 3.8) is 0 Å². The average molecular weight is 235 g/mol. The van der Waals surface area contributed by atoms with Gasteiger partial charge in [-0.25, -0.2) is 8.78 Å². The zero-order valence-electron chi connectivity index (χ0n) is 8.95. The van der Waals surface area contributed by atoms with Crippen LogP contribution in [0.4, 0.5) is 20.2 Å². The number of nitrogens with zero attached hydrogens (tertiary/aromatic N) is 1. The standard InChI is InChI=1S/C12H11F2N3/c13-9-4-10(14)12(15)11(5-9)17-7-8-2-1-3-16-6-8/h1-6,17H,7,15H2. The predicted molar refractivity (Wildman–Crippen MR) is 62.3 cm³/mol. The van der Waals surface area contributed by atoms with Gasteiger partial charge in [-0.3, -0.25) is 4.98 Å². The molecule has 3 N–H and O–H groups in total. The van der Waals surface area contributed by atoms with E-state index in [2.05, 4.69) is 10.3 Å². The first kappa shape index (κ1) is 11.3. The number of nitrogens with one attached hydrogen (secondary N) is 1. The van der Waals surface area contributed by atoms with Crippen LogP contribution in [-0.2, 0) is 6.54 Å². The molecule has 0 saturated carbocycles. The third kappa shape index (κ3) is 2.69. The van der Waals surface area contributed by atoms with Crippen molar-refractivity contribution in [3.8, 4) is 0 Å². The molecule has 0 aliphatic rings. The number of anilines is 2. The van der Waals surface area contributed by atoms with Gasteiger partial charge >= 0.3 is 0 Å². The van der Waals surface area contributed by atoms with Crippen LogP contribution in [0.5, 0.6) is 0 Å². The zero-order valence-corrected chi connectivity index (χ0v) is 8.95. The van der Waals surface area contributed by atoms with E-state index in [0.29, 0.717) is 6.54 Å². The normalized spacial score (nSPS) is 10.2. The fraction of sp³-hybridized carbons (Fsp3) is 0.0833. The molecule has 2 rings (SSSR count). The molecule has 0 radical (unpaired) electrons. The van der Waals surface area contributed by atoms with Crippen molar-refractivity contribution in [1.29, 1.82) is 0 Å². The molecule has 0 spiro atoms. The Bertz CT molecular complexity index is 515. The lowest BCUT2D eigenvalue weighted by Crippen LogP contribution is -2.04. The highest BCUT2D eigenvalue weighted by molar-refractivity contribution is 5.66. The van der Waals surface area contributed by atoms with Crippen molar-refractivity contribution in [1.82, 2.24) is 4.98 Å². The maximum atomic E-state index is 13.1. The molecule has 0 aliphatic carbocycles. The van der Waals surface area contributed by atoms with Gasteiger partial charge in [-0.05, 0) is 17.7 Å². The van der Waals surface area contributed by atoms with Crippen LogP contribution >= 0.6 is 0 Å². The lowest BCUT2D eigenvalue weighted by Gasteiger charge is -2.09. The molecule has 1 aromatic heterocycles. The maximum absolute atomic E-state index is 13.1. The van der Waals surface area contributed by atoms with E-state index in [1.807, 2.05) is 6.07 Å². The molecular weight excluding hydrogens is 224 g/mol. The van der Waals surface area contributed by atoms with Gasteiger partial charge in [-0.1, -0.05) is 6.07 Å². The zero-order chi connectivity index (χ0) is 12.3. The molecule has 0 bridgehead atoms. The predicted octanol–water partition coefficient (Wildman–Crippen LogP) is 2.55. The second kappa shape index (κ2) is 4.78. The van der Waals surface area contributed by atoms with E-state index in [9.17, 15) is 8.78 Å². The van der Waals surface area contributed by atoms with Crippen LogP contribution in [0.15, 0.2) is 36.7 Å². The second-order valence-electron chi connectivity index (χ2n) is 3.56. The van der Waals surface area contributed by atoms with Crippen molar-refractivity contribution in [3.05, 3.63) is 53.9 Å². The summed E-state index contributed by atoms with van der Waals surface area (Å²) in [4.78, 5) is 3.94. The lowest BCUT2D eigenvalue weighted by atomic mass is 10.2. The largest absolute Gasteiger partial charge is 0.395 e. The Kier molecular flexibility index (Phi) is 3.18. The van der Waals surface area contributed by atoms with Crippen molar-refractivity contribution < 1.29 is 8.78 Å². The smallest absolute Gasteiger partial charge is 0.151 e. The first-order valence-electron chi connectivity index (χ1n) is 5.04. The minimum Gasteiger partial charge on any atom is -0.395 e. The first-order chi connectivity index (χ1) is 8.16. The van der Waals surface area contributed by atoms with Crippen molar-refractivity contribution in [2.75, 3.05) is 11.1 Å². The number of halogens is 2. The number of rotatable bonds is 3. The number of hydrogen-bond donors (Lipinski definition) is 2. The van der Waals surface area contributed by atoms with Gasteiger partial charge in [0.25, 0.3) is 0 Å². The van der Waals surface area contributed by atoms with Crippen LogP contribution < -0.4 is 11.1 Å². The summed E-state index contributed by atoms with van der Waals surface area (Å²) in [6.07, 6.45) is 3.32. The number of benzene rings is 1. The monoisotopic (exact) mass is 235 g/mol. The van der Waals surface area contributed by atoms with Gasteiger partial charge < -0.3 is 11.1 Å². The number of aromatic nitrogens is 1. The quantitative estimate of drug-likeness (QED) is 0.804. The van der Waals surface area contributed by atoms with Gasteiger partial charge in [0.1, 0.15) is 5.82 Å². The number of pyridine rings is 1. The minimum atomic E-state index is -0.765. The Morgan fingerprint density at radius 3 is 2.82 bits per heavy atom. The Balaban J connectivity index is 2.14. The molecule has 2 aromatic rings. The van der Waals surface area contributed by atoms with Gasteiger partial charge in [0.2, 0.25) is 0 Å². The molecule has 1 aromatic carbocycles.